The molecule has 0 aliphatic rings. The Hall–Kier alpha value is -2.47. The highest BCUT2D eigenvalue weighted by molar-refractivity contribution is 7.10. The number of hydrogen-bond donors (Lipinski definition) is 0. The van der Waals surface area contributed by atoms with Crippen molar-refractivity contribution in [3.8, 4) is 21.7 Å². The Bertz CT molecular complexity index is 841. The second kappa shape index (κ2) is 5.96. The molecule has 1 heterocycles. The minimum Gasteiger partial charge on any atom is -0.298 e. The zero-order valence-corrected chi connectivity index (χ0v) is 12.5. The van der Waals surface area contributed by atoms with E-state index in [1.54, 1.807) is 24.3 Å². The summed E-state index contributed by atoms with van der Waals surface area (Å²) < 4.78 is 43.8. The maximum atomic E-state index is 13.2. The average Bonchev–Trinajstić information content (AvgIpc) is 2.98. The summed E-state index contributed by atoms with van der Waals surface area (Å²) in [5.74, 6) is 0. The Morgan fingerprint density at radius 3 is 2.26 bits per heavy atom. The van der Waals surface area contributed by atoms with Gasteiger partial charge in [0.15, 0.2) is 6.29 Å². The number of nitrogens with zero attached hydrogens (tertiary/aromatic N) is 1. The van der Waals surface area contributed by atoms with Crippen molar-refractivity contribution in [2.24, 2.45) is 0 Å². The van der Waals surface area contributed by atoms with Gasteiger partial charge < -0.3 is 0 Å². The molecule has 0 bridgehead atoms. The third-order valence-electron chi connectivity index (χ3n) is 3.37. The first-order valence-corrected chi connectivity index (χ1v) is 7.46. The molecule has 0 saturated carbocycles. The van der Waals surface area contributed by atoms with Gasteiger partial charge in [-0.25, -0.2) is 0 Å². The monoisotopic (exact) mass is 333 g/mol. The summed E-state index contributed by atoms with van der Waals surface area (Å²) in [5, 5.41) is 0. The lowest BCUT2D eigenvalue weighted by Crippen LogP contribution is -2.06. The van der Waals surface area contributed by atoms with Gasteiger partial charge in [-0.3, -0.25) is 4.79 Å². The van der Waals surface area contributed by atoms with Gasteiger partial charge in [0.25, 0.3) is 0 Å². The van der Waals surface area contributed by atoms with Crippen molar-refractivity contribution in [1.82, 2.24) is 4.37 Å². The predicted molar refractivity (Wildman–Crippen MR) is 83.4 cm³/mol. The van der Waals surface area contributed by atoms with E-state index in [-0.39, 0.29) is 16.0 Å². The van der Waals surface area contributed by atoms with E-state index in [0.717, 1.165) is 17.6 Å². The van der Waals surface area contributed by atoms with Crippen LogP contribution in [0, 0.1) is 0 Å². The third-order valence-corrected chi connectivity index (χ3v) is 4.27. The smallest absolute Gasteiger partial charge is 0.298 e. The maximum absolute atomic E-state index is 13.2. The average molecular weight is 333 g/mol. The molecule has 0 N–H and O–H groups in total. The van der Waals surface area contributed by atoms with Gasteiger partial charge in [-0.05, 0) is 17.6 Å². The van der Waals surface area contributed by atoms with Crippen LogP contribution in [-0.2, 0) is 6.18 Å². The predicted octanol–water partition coefficient (Wildman–Crippen LogP) is 5.31. The summed E-state index contributed by atoms with van der Waals surface area (Å²) in [7, 11) is 0. The molecule has 3 aromatic rings. The second-order valence-corrected chi connectivity index (χ2v) is 5.57. The zero-order chi connectivity index (χ0) is 16.4. The molecule has 3 rings (SSSR count). The molecule has 0 unspecified atom stereocenters. The van der Waals surface area contributed by atoms with E-state index in [4.69, 9.17) is 0 Å². The van der Waals surface area contributed by atoms with Crippen LogP contribution >= 0.6 is 11.5 Å². The summed E-state index contributed by atoms with van der Waals surface area (Å²) in [6.45, 7) is 0. The number of alkyl halides is 3. The van der Waals surface area contributed by atoms with Crippen molar-refractivity contribution in [2.45, 2.75) is 6.18 Å². The highest BCUT2D eigenvalue weighted by atomic mass is 32.1. The van der Waals surface area contributed by atoms with Crippen molar-refractivity contribution in [3.05, 3.63) is 65.7 Å². The molecule has 0 saturated heterocycles. The Labute approximate surface area is 134 Å². The lowest BCUT2D eigenvalue weighted by Gasteiger charge is -2.11. The van der Waals surface area contributed by atoms with Gasteiger partial charge in [-0.15, -0.1) is 0 Å². The molecule has 1 aromatic heterocycles. The fourth-order valence-electron chi connectivity index (χ4n) is 2.33. The van der Waals surface area contributed by atoms with Crippen LogP contribution in [0.2, 0.25) is 0 Å². The molecule has 0 radical (unpaired) electrons. The molecule has 2 aromatic carbocycles. The third kappa shape index (κ3) is 2.90. The highest BCUT2D eigenvalue weighted by Gasteiger charge is 2.34. The topological polar surface area (TPSA) is 30.0 Å². The molecule has 0 aliphatic heterocycles. The normalized spacial score (nSPS) is 11.4. The summed E-state index contributed by atoms with van der Waals surface area (Å²) in [6.07, 6.45) is -3.93. The van der Waals surface area contributed by atoms with E-state index in [1.807, 2.05) is 6.07 Å². The van der Waals surface area contributed by atoms with Crippen molar-refractivity contribution < 1.29 is 18.0 Å². The van der Waals surface area contributed by atoms with Gasteiger partial charge in [-0.2, -0.15) is 17.5 Å². The van der Waals surface area contributed by atoms with E-state index in [1.165, 1.54) is 18.2 Å². The van der Waals surface area contributed by atoms with E-state index < -0.39 is 11.7 Å². The van der Waals surface area contributed by atoms with Gasteiger partial charge in [0.05, 0.1) is 21.7 Å². The Kier molecular flexibility index (Phi) is 4.00. The van der Waals surface area contributed by atoms with Crippen molar-refractivity contribution >= 4 is 17.8 Å². The quantitative estimate of drug-likeness (QED) is 0.608. The molecule has 23 heavy (non-hydrogen) atoms. The van der Waals surface area contributed by atoms with Crippen LogP contribution in [0.4, 0.5) is 13.2 Å². The number of aromatic nitrogens is 1. The van der Waals surface area contributed by atoms with Gasteiger partial charge in [0.2, 0.25) is 0 Å². The van der Waals surface area contributed by atoms with Crippen molar-refractivity contribution in [3.63, 3.8) is 0 Å². The molecule has 0 amide bonds. The van der Waals surface area contributed by atoms with Crippen molar-refractivity contribution in [2.75, 3.05) is 0 Å². The Morgan fingerprint density at radius 1 is 0.957 bits per heavy atom. The minimum absolute atomic E-state index is 0.0261. The maximum Gasteiger partial charge on any atom is 0.417 e. The van der Waals surface area contributed by atoms with Crippen LogP contribution < -0.4 is 0 Å². The summed E-state index contributed by atoms with van der Waals surface area (Å²) >= 11 is 0.898. The number of carbonyl (C=O) groups is 1. The van der Waals surface area contributed by atoms with Crippen LogP contribution in [0.25, 0.3) is 21.7 Å². The second-order valence-electron chi connectivity index (χ2n) is 4.80. The Balaban J connectivity index is 2.20. The SMILES string of the molecule is O=Cc1c(-c2ccccc2)nsc1-c1ccccc1C(F)(F)F. The van der Waals surface area contributed by atoms with Gasteiger partial charge in [-0.1, -0.05) is 48.5 Å². The standard InChI is InChI=1S/C17H10F3NOS/c18-17(19,20)14-9-5-4-8-12(14)16-13(10-22)15(21-23-16)11-6-2-1-3-7-11/h1-10H. The van der Waals surface area contributed by atoms with Gasteiger partial charge >= 0.3 is 6.18 Å². The lowest BCUT2D eigenvalue weighted by atomic mass is 10.00. The lowest BCUT2D eigenvalue weighted by molar-refractivity contribution is -0.137. The van der Waals surface area contributed by atoms with E-state index in [2.05, 4.69) is 4.37 Å². The van der Waals surface area contributed by atoms with E-state index >= 15 is 0 Å². The fraction of sp³-hybridized carbons (Fsp3) is 0.0588. The highest BCUT2D eigenvalue weighted by Crippen LogP contribution is 2.41. The molecule has 0 atom stereocenters. The number of aldehydes is 1. The first kappa shape index (κ1) is 15.4. The van der Waals surface area contributed by atoms with Crippen LogP contribution in [0.15, 0.2) is 54.6 Å². The molecular formula is C17H10F3NOS. The van der Waals surface area contributed by atoms with Crippen LogP contribution in [-0.4, -0.2) is 10.7 Å². The summed E-state index contributed by atoms with van der Waals surface area (Å²) in [5.41, 5.74) is 0.477. The molecule has 2 nitrogen and oxygen atoms in total. The van der Waals surface area contributed by atoms with Gasteiger partial charge in [0.1, 0.15) is 0 Å². The molecule has 0 spiro atoms. The zero-order valence-electron chi connectivity index (χ0n) is 11.7. The largest absolute Gasteiger partial charge is 0.417 e. The van der Waals surface area contributed by atoms with Gasteiger partial charge in [0, 0.05) is 11.1 Å². The molecular weight excluding hydrogens is 323 g/mol. The van der Waals surface area contributed by atoms with Crippen LogP contribution in [0.1, 0.15) is 15.9 Å². The number of rotatable bonds is 3. The van der Waals surface area contributed by atoms with Crippen LogP contribution in [0.3, 0.4) is 0 Å². The first-order valence-electron chi connectivity index (χ1n) is 6.69. The van der Waals surface area contributed by atoms with E-state index in [9.17, 15) is 18.0 Å². The van der Waals surface area contributed by atoms with Crippen LogP contribution in [0.5, 0.6) is 0 Å². The number of halogens is 3. The van der Waals surface area contributed by atoms with E-state index in [0.29, 0.717) is 17.5 Å². The Morgan fingerprint density at radius 2 is 1.61 bits per heavy atom. The number of carbonyl (C=O) groups excluding carboxylic acids is 1. The fourth-order valence-corrected chi connectivity index (χ4v) is 3.24. The molecule has 6 heteroatoms. The number of benzene rings is 2. The summed E-state index contributed by atoms with van der Waals surface area (Å²) in [6, 6.07) is 14.1. The molecule has 0 fully saturated rings. The number of hydrogen-bond acceptors (Lipinski definition) is 3. The summed E-state index contributed by atoms with van der Waals surface area (Å²) in [4.78, 5) is 11.7. The minimum atomic E-state index is -4.49. The molecule has 0 aliphatic carbocycles. The molecule has 116 valence electrons. The van der Waals surface area contributed by atoms with Crippen molar-refractivity contribution in [1.29, 1.82) is 0 Å². The first-order chi connectivity index (χ1) is 11.0.